The van der Waals surface area contributed by atoms with Crippen LogP contribution in [0.5, 0.6) is 0 Å². The first-order valence-corrected chi connectivity index (χ1v) is 9.48. The van der Waals surface area contributed by atoms with Crippen LogP contribution in [0.15, 0.2) is 22.2 Å². The van der Waals surface area contributed by atoms with Crippen molar-refractivity contribution in [2.45, 2.75) is 52.7 Å². The third-order valence-corrected chi connectivity index (χ3v) is 4.64. The number of esters is 2. The van der Waals surface area contributed by atoms with Crippen molar-refractivity contribution in [3.63, 3.8) is 0 Å². The number of azide groups is 1. The van der Waals surface area contributed by atoms with Gasteiger partial charge in [0.1, 0.15) is 24.8 Å². The third kappa shape index (κ3) is 4.71. The number of carbonyl (C=O) groups is 2. The lowest BCUT2D eigenvalue weighted by Gasteiger charge is -2.30. The van der Waals surface area contributed by atoms with Crippen LogP contribution in [-0.2, 0) is 23.8 Å². The van der Waals surface area contributed by atoms with E-state index in [2.05, 4.69) is 15.0 Å². The van der Waals surface area contributed by atoms with E-state index in [1.165, 1.54) is 12.3 Å². The number of hydrogen-bond acceptors (Lipinski definition) is 9. The molecule has 2 rings (SSSR count). The predicted molar refractivity (Wildman–Crippen MR) is 105 cm³/mol. The van der Waals surface area contributed by atoms with E-state index in [0.29, 0.717) is 0 Å². The van der Waals surface area contributed by atoms with Crippen molar-refractivity contribution in [3.05, 3.63) is 33.2 Å². The molecule has 2 heterocycles. The maximum atomic E-state index is 12.3. The maximum Gasteiger partial charge on any atom is 0.351 e. The van der Waals surface area contributed by atoms with Crippen molar-refractivity contribution in [1.82, 2.24) is 9.55 Å². The second-order valence-corrected chi connectivity index (χ2v) is 7.72. The Morgan fingerprint density at radius 1 is 1.37 bits per heavy atom. The summed E-state index contributed by atoms with van der Waals surface area (Å²) in [6, 6.07) is 1.40. The van der Waals surface area contributed by atoms with E-state index in [-0.39, 0.29) is 5.82 Å². The third-order valence-electron chi connectivity index (χ3n) is 4.64. The van der Waals surface area contributed by atoms with Gasteiger partial charge in [-0.25, -0.2) is 4.79 Å². The van der Waals surface area contributed by atoms with Gasteiger partial charge in [0, 0.05) is 17.0 Å². The van der Waals surface area contributed by atoms with Gasteiger partial charge in [0.15, 0.2) is 0 Å². The molecule has 1 aromatic rings. The van der Waals surface area contributed by atoms with Gasteiger partial charge in [0.05, 0.1) is 11.8 Å². The Hall–Kier alpha value is -3.11. The van der Waals surface area contributed by atoms with Crippen molar-refractivity contribution in [2.75, 3.05) is 12.3 Å². The van der Waals surface area contributed by atoms with Crippen LogP contribution >= 0.6 is 0 Å². The van der Waals surface area contributed by atoms with Crippen LogP contribution in [0.25, 0.3) is 10.4 Å². The number of carbonyl (C=O) groups excluding carboxylic acids is 2. The number of aromatic nitrogens is 2. The molecule has 1 aromatic heterocycles. The van der Waals surface area contributed by atoms with Crippen LogP contribution in [0.2, 0.25) is 0 Å². The molecule has 0 spiro atoms. The number of nitrogens with two attached hydrogens (primary N) is 1. The van der Waals surface area contributed by atoms with Gasteiger partial charge in [0.2, 0.25) is 5.72 Å². The molecule has 2 unspecified atom stereocenters. The Kier molecular flexibility index (Phi) is 7.06. The molecule has 2 N–H and O–H groups in total. The zero-order valence-corrected chi connectivity index (χ0v) is 17.5. The van der Waals surface area contributed by atoms with E-state index in [9.17, 15) is 14.4 Å². The molecule has 0 aromatic carbocycles. The van der Waals surface area contributed by atoms with Crippen molar-refractivity contribution >= 4 is 17.8 Å². The highest BCUT2D eigenvalue weighted by Gasteiger charge is 2.57. The summed E-state index contributed by atoms with van der Waals surface area (Å²) >= 11 is 0. The molecule has 0 bridgehead atoms. The fourth-order valence-electron chi connectivity index (χ4n) is 2.98. The number of hydrogen-bond donors (Lipinski definition) is 1. The van der Waals surface area contributed by atoms with Crippen molar-refractivity contribution in [2.24, 2.45) is 22.9 Å². The molecule has 1 fully saturated rings. The standard InChI is InChI=1S/C18H26N6O6/c1-9(2)15(25)28-8-18(22-23-20)13(29-16(26)10(3)4)11(5)14(30-18)24-7-6-12(19)21-17(24)27/h6-7,9-11,13-14H,8H2,1-5H3,(H2,19,21,27)/t11-,13-,14?,18?/m0/s1. The van der Waals surface area contributed by atoms with Gasteiger partial charge in [-0.1, -0.05) is 39.7 Å². The van der Waals surface area contributed by atoms with E-state index >= 15 is 0 Å². The largest absolute Gasteiger partial charge is 0.462 e. The lowest BCUT2D eigenvalue weighted by atomic mass is 9.97. The second kappa shape index (κ2) is 9.14. The van der Waals surface area contributed by atoms with Crippen LogP contribution in [0.1, 0.15) is 40.8 Å². The molecule has 0 radical (unpaired) electrons. The van der Waals surface area contributed by atoms with E-state index in [1.54, 1.807) is 34.6 Å². The SMILES string of the molecule is CC(C)C(=O)OCC1(N=[N+]=[N-])OC(n2ccc(N)nc2=O)[C@@H](C)[C@@H]1OC(=O)C(C)C. The predicted octanol–water partition coefficient (Wildman–Crippen LogP) is 1.76. The second-order valence-electron chi connectivity index (χ2n) is 7.72. The summed E-state index contributed by atoms with van der Waals surface area (Å²) in [7, 11) is 0. The monoisotopic (exact) mass is 422 g/mol. The first-order chi connectivity index (χ1) is 14.0. The van der Waals surface area contributed by atoms with E-state index in [0.717, 1.165) is 4.57 Å². The first kappa shape index (κ1) is 23.2. The minimum absolute atomic E-state index is 0.0249. The minimum atomic E-state index is -1.87. The van der Waals surface area contributed by atoms with Crippen LogP contribution in [-0.4, -0.2) is 39.9 Å². The van der Waals surface area contributed by atoms with Gasteiger partial charge < -0.3 is 19.9 Å². The van der Waals surface area contributed by atoms with Crippen LogP contribution in [0.3, 0.4) is 0 Å². The Morgan fingerprint density at radius 3 is 2.53 bits per heavy atom. The summed E-state index contributed by atoms with van der Waals surface area (Å²) in [6.45, 7) is 7.72. The molecule has 0 amide bonds. The van der Waals surface area contributed by atoms with Gasteiger partial charge in [0.25, 0.3) is 0 Å². The number of nitrogen functional groups attached to an aromatic ring is 1. The van der Waals surface area contributed by atoms with Gasteiger partial charge in [-0.05, 0) is 11.6 Å². The van der Waals surface area contributed by atoms with Crippen LogP contribution < -0.4 is 11.4 Å². The first-order valence-electron chi connectivity index (χ1n) is 9.48. The Labute approximate surface area is 172 Å². The highest BCUT2D eigenvalue weighted by Crippen LogP contribution is 2.44. The average molecular weight is 422 g/mol. The van der Waals surface area contributed by atoms with Gasteiger partial charge in [-0.3, -0.25) is 14.2 Å². The number of anilines is 1. The van der Waals surface area contributed by atoms with Crippen molar-refractivity contribution in [1.29, 1.82) is 0 Å². The highest BCUT2D eigenvalue weighted by atomic mass is 16.6. The molecular weight excluding hydrogens is 396 g/mol. The Bertz CT molecular complexity index is 909. The molecule has 1 aliphatic heterocycles. The molecule has 0 aliphatic carbocycles. The smallest absolute Gasteiger partial charge is 0.351 e. The molecule has 1 saturated heterocycles. The lowest BCUT2D eigenvalue weighted by Crippen LogP contribution is -2.47. The Morgan fingerprint density at radius 2 is 2.00 bits per heavy atom. The number of ether oxygens (including phenoxy) is 3. The summed E-state index contributed by atoms with van der Waals surface area (Å²) in [5.41, 5.74) is 12.1. The van der Waals surface area contributed by atoms with Crippen LogP contribution in [0.4, 0.5) is 5.82 Å². The minimum Gasteiger partial charge on any atom is -0.462 e. The van der Waals surface area contributed by atoms with Gasteiger partial charge in [-0.2, -0.15) is 4.98 Å². The summed E-state index contributed by atoms with van der Waals surface area (Å²) in [4.78, 5) is 43.1. The normalized spacial score (nSPS) is 25.8. The van der Waals surface area contributed by atoms with Gasteiger partial charge in [-0.15, -0.1) is 0 Å². The molecule has 30 heavy (non-hydrogen) atoms. The zero-order chi connectivity index (χ0) is 22.6. The fraction of sp³-hybridized carbons (Fsp3) is 0.667. The summed E-state index contributed by atoms with van der Waals surface area (Å²) in [5, 5.41) is 3.70. The molecule has 4 atom stereocenters. The highest BCUT2D eigenvalue weighted by molar-refractivity contribution is 5.72. The van der Waals surface area contributed by atoms with Crippen molar-refractivity contribution < 1.29 is 23.8 Å². The summed E-state index contributed by atoms with van der Waals surface area (Å²) in [6.07, 6.45) is -0.768. The topological polar surface area (TPSA) is 171 Å². The fourth-order valence-corrected chi connectivity index (χ4v) is 2.98. The number of rotatable bonds is 7. The van der Waals surface area contributed by atoms with Crippen molar-refractivity contribution in [3.8, 4) is 0 Å². The van der Waals surface area contributed by atoms with E-state index in [4.69, 9.17) is 25.5 Å². The molecule has 12 heteroatoms. The molecule has 1 aliphatic rings. The molecule has 0 saturated carbocycles. The van der Waals surface area contributed by atoms with Crippen LogP contribution in [0, 0.1) is 17.8 Å². The average Bonchev–Trinajstić information content (AvgIpc) is 2.92. The summed E-state index contributed by atoms with van der Waals surface area (Å²) < 4.78 is 17.9. The van der Waals surface area contributed by atoms with E-state index < -0.39 is 60.0 Å². The van der Waals surface area contributed by atoms with E-state index in [1.807, 2.05) is 0 Å². The Balaban J connectivity index is 2.50. The number of nitrogens with zero attached hydrogens (tertiary/aromatic N) is 5. The quantitative estimate of drug-likeness (QED) is 0.299. The zero-order valence-electron chi connectivity index (χ0n) is 17.5. The molecule has 12 nitrogen and oxygen atoms in total. The molecule has 164 valence electrons. The lowest BCUT2D eigenvalue weighted by molar-refractivity contribution is -0.180. The molecular formula is C18H26N6O6. The summed E-state index contributed by atoms with van der Waals surface area (Å²) in [5.74, 6) is -2.66. The maximum absolute atomic E-state index is 12.3. The van der Waals surface area contributed by atoms with Gasteiger partial charge >= 0.3 is 17.6 Å².